The highest BCUT2D eigenvalue weighted by molar-refractivity contribution is 7.19. The molecule has 638 valence electrons. The third kappa shape index (κ3) is 18.1. The number of Topliss-reactive ketones (excluding diaryl/α,β-unsaturated/α-hetero) is 3. The second-order valence-electron chi connectivity index (χ2n) is 30.3. The van der Waals surface area contributed by atoms with Gasteiger partial charge in [0.1, 0.15) is 34.1 Å². The molecule has 4 aromatic carbocycles. The molecule has 4 fully saturated rings. The van der Waals surface area contributed by atoms with Crippen LogP contribution in [0.2, 0.25) is 5.02 Å². The lowest BCUT2D eigenvalue weighted by Crippen LogP contribution is -2.51. The van der Waals surface area contributed by atoms with Crippen LogP contribution in [0.1, 0.15) is 139 Å². The van der Waals surface area contributed by atoms with Crippen molar-refractivity contribution in [3.63, 3.8) is 0 Å². The Bertz CT molecular complexity index is 5560. The van der Waals surface area contributed by atoms with Gasteiger partial charge < -0.3 is 58.8 Å². The van der Waals surface area contributed by atoms with Gasteiger partial charge in [0.2, 0.25) is 34.2 Å². The van der Waals surface area contributed by atoms with Crippen LogP contribution in [-0.4, -0.2) is 237 Å². The van der Waals surface area contributed by atoms with Crippen molar-refractivity contribution in [2.75, 3.05) is 72.0 Å². The van der Waals surface area contributed by atoms with Crippen LogP contribution < -0.4 is 33.8 Å². The zero-order valence-electron chi connectivity index (χ0n) is 64.7. The first-order valence-corrected chi connectivity index (χ1v) is 41.4. The highest BCUT2D eigenvalue weighted by Gasteiger charge is 2.48. The number of carboxylic acid groups (broad SMARTS) is 4. The second-order valence-corrected chi connectivity index (χ2v) is 33.7. The number of carboxylic acids is 4. The van der Waals surface area contributed by atoms with Gasteiger partial charge in [0, 0.05) is 102 Å². The van der Waals surface area contributed by atoms with Gasteiger partial charge >= 0.3 is 23.9 Å². The number of aliphatic carboxylic acids is 4. The van der Waals surface area contributed by atoms with Crippen LogP contribution in [0.3, 0.4) is 0 Å². The maximum absolute atomic E-state index is 12.8. The van der Waals surface area contributed by atoms with Crippen LogP contribution in [0.4, 0.5) is 21.2 Å². The molecule has 8 aliphatic rings. The van der Waals surface area contributed by atoms with Gasteiger partial charge in [-0.3, -0.25) is 33.6 Å². The van der Waals surface area contributed by atoms with E-state index in [1.165, 1.54) is 45.1 Å². The second kappa shape index (κ2) is 35.0. The van der Waals surface area contributed by atoms with Crippen molar-refractivity contribution >= 4 is 114 Å². The van der Waals surface area contributed by atoms with Crippen molar-refractivity contribution in [3.8, 4) is 61.1 Å². The number of rotatable bonds is 16. The van der Waals surface area contributed by atoms with Gasteiger partial charge in [-0.05, 0) is 94.1 Å². The van der Waals surface area contributed by atoms with Gasteiger partial charge in [-0.25, -0.2) is 9.97 Å². The summed E-state index contributed by atoms with van der Waals surface area (Å²) >= 11 is 10.4. The molecule has 12 aromatic rings. The maximum Gasteiger partial charge on any atom is 0.327 e. The number of ketones is 3. The zero-order valence-corrected chi connectivity index (χ0v) is 67.9. The molecule has 44 heteroatoms. The Morgan fingerprint density at radius 1 is 0.455 bits per heavy atom. The van der Waals surface area contributed by atoms with Gasteiger partial charge in [-0.15, -0.1) is 51.0 Å². The fourth-order valence-electron chi connectivity index (χ4n) is 16.2. The van der Waals surface area contributed by atoms with Crippen molar-refractivity contribution in [3.05, 3.63) is 147 Å². The van der Waals surface area contributed by atoms with E-state index in [0.717, 1.165) is 102 Å². The summed E-state index contributed by atoms with van der Waals surface area (Å²) in [6, 6.07) is 27.1. The van der Waals surface area contributed by atoms with E-state index in [1.807, 2.05) is 50.2 Å². The summed E-state index contributed by atoms with van der Waals surface area (Å²) < 4.78 is 24.3. The zero-order chi connectivity index (χ0) is 83.9. The van der Waals surface area contributed by atoms with E-state index in [-0.39, 0.29) is 75.4 Å². The Morgan fingerprint density at radius 3 is 1.35 bits per heavy atom. The molecule has 15 heterocycles. The predicted octanol–water partition coefficient (Wildman–Crippen LogP) is 9.57. The van der Waals surface area contributed by atoms with E-state index < -0.39 is 40.7 Å². The third-order valence-corrected chi connectivity index (χ3v) is 25.7. The molecule has 0 bridgehead atoms. The SMILES string of the molecule is C.C.Cc1cccc2c1C(=O)CC1(CCN(c3cc(-c4nnn(CC(=O)O)n4)on3)CC1)O2.Cc1cccc2c1C(=O)CC1(CCN(c3ncc(-c4nnn(CC(=O)O)n4)s3)CC1)O2.O=C(O)Cn1nnc(-c2cnc(N3CCC4(C=Cc5ccccc54)CC3)s2)n1.O=C(O)Cn1nnc(-c2nnc(N3CCC4(CC3)CC(=O)c3c(Cl)cccc3O4)s2)n1. The summed E-state index contributed by atoms with van der Waals surface area (Å²) in [6.07, 6.45) is 15.4. The normalized spacial score (nSPS) is 17.1. The Balaban J connectivity index is 0.000000127. The topological polar surface area (TPSA) is 493 Å². The third-order valence-electron chi connectivity index (χ3n) is 22.3. The molecule has 0 unspecified atom stereocenters. The Hall–Kier alpha value is -13.3. The van der Waals surface area contributed by atoms with Crippen molar-refractivity contribution < 1.29 is 72.7 Å². The van der Waals surface area contributed by atoms with Crippen LogP contribution in [-0.2, 0) is 50.8 Å². The minimum Gasteiger partial charge on any atom is -0.486 e. The van der Waals surface area contributed by atoms with Gasteiger partial charge in [-0.2, -0.15) is 19.2 Å². The lowest BCUT2D eigenvalue weighted by Gasteiger charge is -2.44. The number of benzene rings is 4. The number of anilines is 4. The number of thiazole rings is 2. The standard InChI is InChI=1S/C20H20N6O5.C20H20N6O4S.C19H18N6O2S.C18H16ClN7O4S.2CH4/c1-12-3-2-4-14-18(12)13(27)10-20(30-14)5-7-25(8-6-20)16-9-15(31-23-16)19-21-24-26(22-19)11-17(28)29;1-12-3-2-4-14-17(12)13(27)9-20(30-14)5-7-25(8-6-20)19-21-10-15(31-19)18-22-24-26(23-18)11-16(28)29;26-16(27)12-25-22-17(21-23-25)15-11-20-18(28-15)24-9-7-19(8-10-24)6-5-13-3-1-2-4-14(13)19;19-10-2-1-3-12-14(10)11(27)8-18(30-12)4-6-25(7-5-18)17-22-21-16(31-17)15-20-24-26(23-15)9-13(28)29;;/h2-4,9H,5-8,10-11H2,1H3,(H,28,29);2-4,10H,5-9,11H2,1H3,(H,28,29);1-6,11H,7-10,12H2,(H,26,27);1-3H,4-9H2,(H,28,29);2*1H4. The average molecular weight is 1750 g/mol. The van der Waals surface area contributed by atoms with E-state index in [0.29, 0.717) is 143 Å². The number of fused-ring (bicyclic) bond motifs is 5. The summed E-state index contributed by atoms with van der Waals surface area (Å²) in [4.78, 5) is 105. The van der Waals surface area contributed by atoms with Crippen LogP contribution in [0.25, 0.3) is 49.9 Å². The maximum atomic E-state index is 12.8. The Labute approximate surface area is 717 Å². The van der Waals surface area contributed by atoms with Crippen LogP contribution in [0.15, 0.2) is 108 Å². The van der Waals surface area contributed by atoms with Crippen molar-refractivity contribution in [1.29, 1.82) is 0 Å². The van der Waals surface area contributed by atoms with Gasteiger partial charge in [0.05, 0.1) is 63.1 Å². The first kappa shape index (κ1) is 84.7. The molecule has 40 nitrogen and oxygen atoms in total. The van der Waals surface area contributed by atoms with Gasteiger partial charge in [0.15, 0.2) is 64.6 Å². The molecule has 8 aromatic heterocycles. The Kier molecular flexibility index (Phi) is 24.1. The van der Waals surface area contributed by atoms with E-state index in [4.69, 9.17) is 50.8 Å². The van der Waals surface area contributed by atoms with Crippen molar-refractivity contribution in [2.24, 2.45) is 0 Å². The lowest BCUT2D eigenvalue weighted by molar-refractivity contribution is -0.139. The number of carbonyl (C=O) groups is 7. The first-order chi connectivity index (χ1) is 58.4. The number of hydrogen-bond acceptors (Lipinski definition) is 35. The molecule has 4 spiro atoms. The van der Waals surface area contributed by atoms with Crippen LogP contribution in [0.5, 0.6) is 17.2 Å². The number of piperidine rings is 4. The summed E-state index contributed by atoms with van der Waals surface area (Å²) in [6.45, 7) is 8.39. The highest BCUT2D eigenvalue weighted by atomic mass is 35.5. The molecule has 0 amide bonds. The summed E-state index contributed by atoms with van der Waals surface area (Å²) in [5, 5.41) is 97.7. The molecule has 7 aliphatic heterocycles. The van der Waals surface area contributed by atoms with Gasteiger partial charge in [-0.1, -0.05) is 132 Å². The molecular weight excluding hydrogens is 1670 g/mol. The average Bonchev–Trinajstić information content (AvgIpc) is 1.74. The van der Waals surface area contributed by atoms with Crippen LogP contribution >= 0.6 is 45.6 Å². The van der Waals surface area contributed by atoms with E-state index in [2.05, 4.69) is 143 Å². The molecule has 0 saturated carbocycles. The lowest BCUT2D eigenvalue weighted by atomic mass is 9.75. The molecule has 1 aliphatic carbocycles. The number of halogens is 1. The summed E-state index contributed by atoms with van der Waals surface area (Å²) in [5.41, 5.74) is 5.19. The van der Waals surface area contributed by atoms with Crippen molar-refractivity contribution in [2.45, 2.75) is 148 Å². The number of allylic oxidation sites excluding steroid dienone is 1. The minimum absolute atomic E-state index is 0. The van der Waals surface area contributed by atoms with Crippen LogP contribution in [0, 0.1) is 13.8 Å². The molecule has 0 radical (unpaired) electrons. The number of carbonyl (C=O) groups excluding carboxylic acids is 3. The molecule has 4 saturated heterocycles. The number of aryl methyl sites for hydroxylation is 2. The minimum atomic E-state index is -1.06. The number of hydrogen-bond donors (Lipinski definition) is 4. The number of nitrogens with zero attached hydrogens (tertiary/aromatic N) is 25. The first-order valence-electron chi connectivity index (χ1n) is 38.5. The monoisotopic (exact) mass is 1750 g/mol. The molecule has 20 rings (SSSR count). The summed E-state index contributed by atoms with van der Waals surface area (Å²) in [7, 11) is 0. The largest absolute Gasteiger partial charge is 0.486 e. The smallest absolute Gasteiger partial charge is 0.327 e. The Morgan fingerprint density at radius 2 is 0.862 bits per heavy atom. The van der Waals surface area contributed by atoms with E-state index in [9.17, 15) is 33.6 Å². The fraction of sp³-hybridized carbons (Fsp3) is 0.392. The quantitative estimate of drug-likeness (QED) is 0.0699. The number of ether oxygens (including phenoxy) is 3. The fourth-order valence-corrected chi connectivity index (χ4v) is 19.1. The van der Waals surface area contributed by atoms with E-state index in [1.54, 1.807) is 36.7 Å². The number of aromatic nitrogens is 21. The molecule has 123 heavy (non-hydrogen) atoms. The number of tetrazole rings is 4. The highest BCUT2D eigenvalue weighted by Crippen LogP contribution is 2.48. The molecule has 4 N–H and O–H groups in total. The summed E-state index contributed by atoms with van der Waals surface area (Å²) in [5.74, 6) is 0.137. The van der Waals surface area contributed by atoms with E-state index >= 15 is 0 Å². The molecular formula is C79H82ClN25O15S3. The van der Waals surface area contributed by atoms with Gasteiger partial charge in [0.25, 0.3) is 0 Å². The molecule has 0 atom stereocenters. The van der Waals surface area contributed by atoms with Crippen molar-refractivity contribution in [1.82, 2.24) is 106 Å². The predicted molar refractivity (Wildman–Crippen MR) is 446 cm³/mol.